The van der Waals surface area contributed by atoms with Crippen LogP contribution in [0.4, 0.5) is 5.69 Å². The number of para-hydroxylation sites is 2. The van der Waals surface area contributed by atoms with Crippen LogP contribution >= 0.6 is 11.3 Å². The van der Waals surface area contributed by atoms with E-state index in [1.54, 1.807) is 16.0 Å². The van der Waals surface area contributed by atoms with E-state index in [9.17, 15) is 4.79 Å². The number of hydrogen-bond donors (Lipinski definition) is 1. The van der Waals surface area contributed by atoms with Crippen LogP contribution in [0.25, 0.3) is 21.6 Å². The molecule has 0 unspecified atom stereocenters. The lowest BCUT2D eigenvalue weighted by Gasteiger charge is -2.19. The number of anilines is 1. The van der Waals surface area contributed by atoms with Gasteiger partial charge in [0.05, 0.1) is 32.9 Å². The molecule has 33 heavy (non-hydrogen) atoms. The third-order valence-electron chi connectivity index (χ3n) is 5.68. The highest BCUT2D eigenvalue weighted by Crippen LogP contribution is 2.31. The van der Waals surface area contributed by atoms with E-state index in [-0.39, 0.29) is 5.91 Å². The molecule has 7 nitrogen and oxygen atoms in total. The van der Waals surface area contributed by atoms with Gasteiger partial charge in [0.2, 0.25) is 0 Å². The quantitative estimate of drug-likeness (QED) is 0.379. The average Bonchev–Trinajstić information content (AvgIpc) is 3.46. The highest BCUT2D eigenvalue weighted by Gasteiger charge is 2.20. The van der Waals surface area contributed by atoms with Gasteiger partial charge in [0, 0.05) is 13.6 Å². The lowest BCUT2D eigenvalue weighted by atomic mass is 10.1. The van der Waals surface area contributed by atoms with E-state index in [1.807, 2.05) is 61.8 Å². The molecule has 1 N–H and O–H groups in total. The number of amides is 1. The Balaban J connectivity index is 1.64. The van der Waals surface area contributed by atoms with E-state index in [1.165, 1.54) is 0 Å². The van der Waals surface area contributed by atoms with Crippen molar-refractivity contribution in [1.29, 1.82) is 0 Å². The van der Waals surface area contributed by atoms with Crippen LogP contribution < -0.4 is 10.1 Å². The number of hydrogen-bond acceptors (Lipinski definition) is 6. The summed E-state index contributed by atoms with van der Waals surface area (Å²) >= 11 is 1.59. The van der Waals surface area contributed by atoms with Gasteiger partial charge in [-0.25, -0.2) is 4.98 Å². The standard InChI is InChI=1S/C25H29N5O2S/c1-5-30(6-2)13-14-32-21-11-8-7-10-19(21)27-25(31)18-16-20(22-12-9-15-33-22)26-24-23(18)17(3)28-29(24)4/h7-12,15-16H,5-6,13-14H2,1-4H3,(H,27,31). The minimum atomic E-state index is -0.212. The molecular formula is C25H29N5O2S. The normalized spacial score (nSPS) is 11.3. The second-order valence-corrected chi connectivity index (χ2v) is 8.71. The van der Waals surface area contributed by atoms with Crippen LogP contribution in [0.5, 0.6) is 5.75 Å². The number of carbonyl (C=O) groups excluding carboxylic acids is 1. The van der Waals surface area contributed by atoms with Gasteiger partial charge in [-0.1, -0.05) is 32.0 Å². The molecule has 1 aromatic carbocycles. The fourth-order valence-corrected chi connectivity index (χ4v) is 4.57. The van der Waals surface area contributed by atoms with Crippen LogP contribution in [0.1, 0.15) is 29.9 Å². The summed E-state index contributed by atoms with van der Waals surface area (Å²) in [5.74, 6) is 0.445. The van der Waals surface area contributed by atoms with Gasteiger partial charge in [-0.2, -0.15) is 5.10 Å². The molecule has 172 valence electrons. The molecule has 0 saturated carbocycles. The van der Waals surface area contributed by atoms with E-state index < -0.39 is 0 Å². The third-order valence-corrected chi connectivity index (χ3v) is 6.57. The van der Waals surface area contributed by atoms with Crippen LogP contribution in [-0.2, 0) is 7.05 Å². The largest absolute Gasteiger partial charge is 0.490 e. The molecule has 4 aromatic rings. The van der Waals surface area contributed by atoms with Crippen molar-refractivity contribution in [2.24, 2.45) is 7.05 Å². The molecule has 0 bridgehead atoms. The zero-order valence-electron chi connectivity index (χ0n) is 19.5. The number of thiophene rings is 1. The topological polar surface area (TPSA) is 72.3 Å². The van der Waals surface area contributed by atoms with Gasteiger partial charge in [-0.05, 0) is 49.7 Å². The second kappa shape index (κ2) is 10.1. The maximum Gasteiger partial charge on any atom is 0.256 e. The minimum Gasteiger partial charge on any atom is -0.490 e. The second-order valence-electron chi connectivity index (χ2n) is 7.77. The van der Waals surface area contributed by atoms with Gasteiger partial charge >= 0.3 is 0 Å². The van der Waals surface area contributed by atoms with Crippen LogP contribution in [-0.4, -0.2) is 51.8 Å². The first-order valence-corrected chi connectivity index (χ1v) is 12.0. The molecule has 0 saturated heterocycles. The first kappa shape index (κ1) is 22.9. The molecule has 0 spiro atoms. The number of fused-ring (bicyclic) bond motifs is 1. The van der Waals surface area contributed by atoms with E-state index >= 15 is 0 Å². The van der Waals surface area contributed by atoms with Crippen molar-refractivity contribution in [2.45, 2.75) is 20.8 Å². The van der Waals surface area contributed by atoms with Crippen LogP contribution in [0.2, 0.25) is 0 Å². The Labute approximate surface area is 198 Å². The third kappa shape index (κ3) is 4.91. The lowest BCUT2D eigenvalue weighted by molar-refractivity contribution is 0.102. The monoisotopic (exact) mass is 463 g/mol. The first-order chi connectivity index (χ1) is 16.0. The molecule has 0 aliphatic heterocycles. The Morgan fingerprint density at radius 1 is 1.18 bits per heavy atom. The van der Waals surface area contributed by atoms with Crippen molar-refractivity contribution in [2.75, 3.05) is 31.6 Å². The molecular weight excluding hydrogens is 434 g/mol. The van der Waals surface area contributed by atoms with Crippen LogP contribution in [0, 0.1) is 6.92 Å². The zero-order chi connectivity index (χ0) is 23.4. The summed E-state index contributed by atoms with van der Waals surface area (Å²) < 4.78 is 7.75. The Kier molecular flexibility index (Phi) is 7.05. The van der Waals surface area contributed by atoms with Crippen LogP contribution in [0.3, 0.4) is 0 Å². The average molecular weight is 464 g/mol. The Hall–Kier alpha value is -3.23. The summed E-state index contributed by atoms with van der Waals surface area (Å²) in [7, 11) is 1.85. The summed E-state index contributed by atoms with van der Waals surface area (Å²) in [6, 6.07) is 13.4. The van der Waals surface area contributed by atoms with Crippen molar-refractivity contribution in [3.63, 3.8) is 0 Å². The van der Waals surface area contributed by atoms with Crippen LogP contribution in [0.15, 0.2) is 47.8 Å². The number of pyridine rings is 1. The molecule has 4 rings (SSSR count). The van der Waals surface area contributed by atoms with E-state index in [2.05, 4.69) is 29.2 Å². The molecule has 0 atom stereocenters. The van der Waals surface area contributed by atoms with Crippen molar-refractivity contribution >= 4 is 34.0 Å². The van der Waals surface area contributed by atoms with Crippen molar-refractivity contribution in [3.8, 4) is 16.3 Å². The maximum atomic E-state index is 13.5. The first-order valence-electron chi connectivity index (χ1n) is 11.2. The summed E-state index contributed by atoms with van der Waals surface area (Å²) in [5.41, 5.74) is 3.41. The number of rotatable bonds is 9. The minimum absolute atomic E-state index is 0.212. The fourth-order valence-electron chi connectivity index (χ4n) is 3.88. The Morgan fingerprint density at radius 3 is 2.70 bits per heavy atom. The van der Waals surface area contributed by atoms with Gasteiger partial charge in [-0.15, -0.1) is 11.3 Å². The number of aryl methyl sites for hydroxylation is 2. The van der Waals surface area contributed by atoms with Crippen molar-refractivity contribution < 1.29 is 9.53 Å². The van der Waals surface area contributed by atoms with Crippen molar-refractivity contribution in [1.82, 2.24) is 19.7 Å². The zero-order valence-corrected chi connectivity index (χ0v) is 20.3. The number of nitrogens with one attached hydrogen (secondary N) is 1. The van der Waals surface area contributed by atoms with Gasteiger partial charge < -0.3 is 15.0 Å². The van der Waals surface area contributed by atoms with Gasteiger partial charge in [0.15, 0.2) is 5.65 Å². The van der Waals surface area contributed by atoms with Gasteiger partial charge in [-0.3, -0.25) is 9.48 Å². The number of carbonyl (C=O) groups is 1. The molecule has 0 aliphatic rings. The van der Waals surface area contributed by atoms with E-state index in [0.29, 0.717) is 29.3 Å². The highest BCUT2D eigenvalue weighted by atomic mass is 32.1. The molecule has 0 fully saturated rings. The maximum absolute atomic E-state index is 13.5. The van der Waals surface area contributed by atoms with E-state index in [0.717, 1.165) is 41.3 Å². The molecule has 8 heteroatoms. The Morgan fingerprint density at radius 2 is 1.97 bits per heavy atom. The summed E-state index contributed by atoms with van der Waals surface area (Å²) in [6.07, 6.45) is 0. The predicted molar refractivity (Wildman–Crippen MR) is 134 cm³/mol. The smallest absolute Gasteiger partial charge is 0.256 e. The predicted octanol–water partition coefficient (Wildman–Crippen LogP) is 4.98. The van der Waals surface area contributed by atoms with E-state index in [4.69, 9.17) is 9.72 Å². The molecule has 0 aliphatic carbocycles. The molecule has 1 amide bonds. The van der Waals surface area contributed by atoms with Gasteiger partial charge in [0.25, 0.3) is 5.91 Å². The summed E-state index contributed by atoms with van der Waals surface area (Å²) in [6.45, 7) is 9.52. The number of nitrogens with zero attached hydrogens (tertiary/aromatic N) is 4. The molecule has 0 radical (unpaired) electrons. The number of aromatic nitrogens is 3. The number of likely N-dealkylation sites (N-methyl/N-ethyl adjacent to an activating group) is 1. The highest BCUT2D eigenvalue weighted by molar-refractivity contribution is 7.13. The van der Waals surface area contributed by atoms with Crippen molar-refractivity contribution in [3.05, 3.63) is 59.1 Å². The molecule has 3 aromatic heterocycles. The summed E-state index contributed by atoms with van der Waals surface area (Å²) in [4.78, 5) is 21.6. The van der Waals surface area contributed by atoms with Gasteiger partial charge in [0.1, 0.15) is 12.4 Å². The fraction of sp³-hybridized carbons (Fsp3) is 0.320. The SMILES string of the molecule is CCN(CC)CCOc1ccccc1NC(=O)c1cc(-c2cccs2)nc2c1c(C)nn2C. The lowest BCUT2D eigenvalue weighted by Crippen LogP contribution is -2.28. The molecule has 3 heterocycles. The number of ether oxygens (including phenoxy) is 1. The Bertz CT molecular complexity index is 1250. The number of benzene rings is 1. The summed E-state index contributed by atoms with van der Waals surface area (Å²) in [5, 5.41) is 10.3.